The molecular weight excluding hydrogens is 386 g/mol. The van der Waals surface area contributed by atoms with Gasteiger partial charge in [-0.05, 0) is 54.5 Å². The van der Waals surface area contributed by atoms with E-state index in [0.717, 1.165) is 32.2 Å². The van der Waals surface area contributed by atoms with Gasteiger partial charge < -0.3 is 0 Å². The quantitative estimate of drug-likeness (QED) is 0.316. The lowest BCUT2D eigenvalue weighted by atomic mass is 9.77. The zero-order chi connectivity index (χ0) is 21.5. The van der Waals surface area contributed by atoms with Crippen LogP contribution in [0.25, 0.3) is 33.6 Å². The van der Waals surface area contributed by atoms with Gasteiger partial charge >= 0.3 is 0 Å². The van der Waals surface area contributed by atoms with Gasteiger partial charge in [-0.25, -0.2) is 0 Å². The average molecular weight is 417 g/mol. The normalized spacial score (nSPS) is 13.7. The average Bonchev–Trinajstić information content (AvgIpc) is 2.86. The first-order valence-corrected chi connectivity index (χ1v) is 12.2. The van der Waals surface area contributed by atoms with Gasteiger partial charge in [-0.2, -0.15) is 4.57 Å². The molecule has 4 aromatic rings. The van der Waals surface area contributed by atoms with E-state index in [4.69, 9.17) is 0 Å². The molecule has 1 aromatic heterocycles. The fourth-order valence-electron chi connectivity index (χ4n) is 5.91. The summed E-state index contributed by atoms with van der Waals surface area (Å²) in [5.41, 5.74) is 14.8. The molecular formula is C31H30N+. The van der Waals surface area contributed by atoms with Crippen molar-refractivity contribution < 1.29 is 4.57 Å². The Kier molecular flexibility index (Phi) is 4.91. The molecule has 1 heterocycles. The minimum Gasteiger partial charge on any atom is -0.191 e. The van der Waals surface area contributed by atoms with Crippen LogP contribution in [-0.4, -0.2) is 0 Å². The molecule has 0 aliphatic heterocycles. The minimum absolute atomic E-state index is 1.08. The van der Waals surface area contributed by atoms with Gasteiger partial charge in [0.2, 0.25) is 11.4 Å². The van der Waals surface area contributed by atoms with Crippen molar-refractivity contribution in [2.24, 2.45) is 0 Å². The lowest BCUT2D eigenvalue weighted by molar-refractivity contribution is -0.676. The van der Waals surface area contributed by atoms with E-state index in [9.17, 15) is 0 Å². The number of nitrogens with zero attached hydrogens (tertiary/aromatic N) is 1. The second-order valence-corrected chi connectivity index (χ2v) is 9.21. The van der Waals surface area contributed by atoms with Gasteiger partial charge in [0, 0.05) is 34.2 Å². The number of rotatable bonds is 4. The summed E-state index contributed by atoms with van der Waals surface area (Å²) < 4.78 is 2.70. The van der Waals surface area contributed by atoms with Gasteiger partial charge in [0.05, 0.1) is 0 Å². The summed E-state index contributed by atoms with van der Waals surface area (Å²) in [6.45, 7) is 3.39. The molecule has 0 spiro atoms. The monoisotopic (exact) mass is 416 g/mol. The molecule has 1 heteroatoms. The third-order valence-electron chi connectivity index (χ3n) is 7.35. The highest BCUT2D eigenvalue weighted by molar-refractivity contribution is 5.85. The van der Waals surface area contributed by atoms with E-state index in [1.807, 2.05) is 0 Å². The molecule has 0 saturated heterocycles. The van der Waals surface area contributed by atoms with Crippen LogP contribution in [0.1, 0.15) is 42.0 Å². The van der Waals surface area contributed by atoms with Crippen molar-refractivity contribution in [1.29, 1.82) is 0 Å². The zero-order valence-corrected chi connectivity index (χ0v) is 18.9. The topological polar surface area (TPSA) is 3.88 Å². The van der Waals surface area contributed by atoms with E-state index in [1.165, 1.54) is 57.6 Å². The highest BCUT2D eigenvalue weighted by Gasteiger charge is 2.37. The second kappa shape index (κ2) is 8.06. The summed E-state index contributed by atoms with van der Waals surface area (Å²) in [6.07, 6.45) is 6.92. The molecule has 158 valence electrons. The Bertz CT molecular complexity index is 1220. The molecule has 0 saturated carbocycles. The fraction of sp³-hybridized carbons (Fsp3) is 0.258. The van der Waals surface area contributed by atoms with Crippen molar-refractivity contribution in [2.75, 3.05) is 0 Å². The number of hydrogen-bond acceptors (Lipinski definition) is 0. The minimum atomic E-state index is 1.08. The van der Waals surface area contributed by atoms with Gasteiger partial charge in [-0.1, -0.05) is 80.1 Å². The summed E-state index contributed by atoms with van der Waals surface area (Å²) in [5, 5.41) is 0. The smallest absolute Gasteiger partial charge is 0.191 e. The number of pyridine rings is 1. The summed E-state index contributed by atoms with van der Waals surface area (Å²) in [4.78, 5) is 0. The van der Waals surface area contributed by atoms with Gasteiger partial charge in [-0.15, -0.1) is 0 Å². The number of hydrogen-bond donors (Lipinski definition) is 0. The van der Waals surface area contributed by atoms with E-state index in [-0.39, 0.29) is 0 Å². The van der Waals surface area contributed by atoms with Crippen LogP contribution >= 0.6 is 0 Å². The van der Waals surface area contributed by atoms with Crippen molar-refractivity contribution >= 4 is 0 Å². The number of fused-ring (bicyclic) bond motifs is 6. The molecule has 0 N–H and O–H groups in total. The van der Waals surface area contributed by atoms with E-state index in [2.05, 4.69) is 90.4 Å². The maximum Gasteiger partial charge on any atom is 0.217 e. The predicted octanol–water partition coefficient (Wildman–Crippen LogP) is 6.97. The summed E-state index contributed by atoms with van der Waals surface area (Å²) in [5.74, 6) is 0. The van der Waals surface area contributed by atoms with Gasteiger partial charge in [-0.3, -0.25) is 0 Å². The third-order valence-corrected chi connectivity index (χ3v) is 7.35. The van der Waals surface area contributed by atoms with Crippen LogP contribution in [-0.2, 0) is 32.2 Å². The van der Waals surface area contributed by atoms with Gasteiger partial charge in [0.15, 0.2) is 0 Å². The highest BCUT2D eigenvalue weighted by Crippen LogP contribution is 2.44. The van der Waals surface area contributed by atoms with E-state index >= 15 is 0 Å². The molecule has 3 aromatic carbocycles. The highest BCUT2D eigenvalue weighted by atomic mass is 15.0. The first-order chi connectivity index (χ1) is 15.9. The Balaban J connectivity index is 1.76. The van der Waals surface area contributed by atoms with Crippen LogP contribution in [0, 0.1) is 0 Å². The van der Waals surface area contributed by atoms with Crippen LogP contribution < -0.4 is 4.57 Å². The van der Waals surface area contributed by atoms with Crippen molar-refractivity contribution in [3.63, 3.8) is 0 Å². The number of aryl methyl sites for hydroxylation is 2. The van der Waals surface area contributed by atoms with Gasteiger partial charge in [0.25, 0.3) is 0 Å². The Morgan fingerprint density at radius 2 is 1.16 bits per heavy atom. The van der Waals surface area contributed by atoms with Crippen LogP contribution in [0.4, 0.5) is 0 Å². The molecule has 0 fully saturated rings. The molecule has 0 amide bonds. The molecule has 0 atom stereocenters. The maximum atomic E-state index is 2.70. The first-order valence-electron chi connectivity index (χ1n) is 12.2. The lowest BCUT2D eigenvalue weighted by Crippen LogP contribution is -2.43. The second-order valence-electron chi connectivity index (χ2n) is 9.21. The van der Waals surface area contributed by atoms with Crippen LogP contribution in [0.5, 0.6) is 0 Å². The van der Waals surface area contributed by atoms with Crippen molar-refractivity contribution in [2.45, 2.75) is 52.0 Å². The Labute approximate surface area is 191 Å². The maximum absolute atomic E-state index is 2.70. The first kappa shape index (κ1) is 19.5. The number of aromatic nitrogens is 1. The molecule has 6 rings (SSSR count). The standard InChI is InChI=1S/C31H30N/c1-2-3-21-32-30-25-15-9-7-11-22(25)17-19-27(30)29(24-13-5-4-6-14-24)28-20-18-23-12-8-10-16-26(23)31(28)32/h4-16H,2-3,17-21H2,1H3/q+1. The summed E-state index contributed by atoms with van der Waals surface area (Å²) >= 11 is 0. The summed E-state index contributed by atoms with van der Waals surface area (Å²) in [6, 6.07) is 29.4. The lowest BCUT2D eigenvalue weighted by Gasteiger charge is -2.28. The third kappa shape index (κ3) is 3.03. The zero-order valence-electron chi connectivity index (χ0n) is 18.9. The molecule has 0 bridgehead atoms. The molecule has 2 aliphatic rings. The number of unbranched alkanes of at least 4 members (excludes halogenated alkanes) is 1. The van der Waals surface area contributed by atoms with Crippen molar-refractivity contribution in [3.8, 4) is 33.6 Å². The molecule has 32 heavy (non-hydrogen) atoms. The van der Waals surface area contributed by atoms with Crippen LogP contribution in [0.15, 0.2) is 78.9 Å². The molecule has 0 radical (unpaired) electrons. The number of benzene rings is 3. The largest absolute Gasteiger partial charge is 0.217 e. The van der Waals surface area contributed by atoms with E-state index in [1.54, 1.807) is 11.1 Å². The van der Waals surface area contributed by atoms with Crippen LogP contribution in [0.2, 0.25) is 0 Å². The molecule has 2 aliphatic carbocycles. The van der Waals surface area contributed by atoms with E-state index in [0.29, 0.717) is 0 Å². The Morgan fingerprint density at radius 1 is 0.625 bits per heavy atom. The van der Waals surface area contributed by atoms with Gasteiger partial charge in [0.1, 0.15) is 6.54 Å². The Hall–Kier alpha value is -3.19. The fourth-order valence-corrected chi connectivity index (χ4v) is 5.91. The van der Waals surface area contributed by atoms with Crippen molar-refractivity contribution in [1.82, 2.24) is 0 Å². The van der Waals surface area contributed by atoms with Crippen molar-refractivity contribution in [3.05, 3.63) is 101 Å². The predicted molar refractivity (Wildman–Crippen MR) is 133 cm³/mol. The summed E-state index contributed by atoms with van der Waals surface area (Å²) in [7, 11) is 0. The van der Waals surface area contributed by atoms with E-state index < -0.39 is 0 Å². The SMILES string of the molecule is CCCC[n+]1c2c(c(-c3ccccc3)c3c1-c1ccccc1CC3)CCc1ccccc1-2. The Morgan fingerprint density at radius 3 is 1.72 bits per heavy atom. The van der Waals surface area contributed by atoms with Crippen LogP contribution in [0.3, 0.4) is 0 Å². The molecule has 1 nitrogen and oxygen atoms in total. The molecule has 0 unspecified atom stereocenters.